The minimum Gasteiger partial charge on any atom is -0.349 e. The second kappa shape index (κ2) is 5.29. The van der Waals surface area contributed by atoms with Crippen LogP contribution in [0.15, 0.2) is 17.0 Å². The van der Waals surface area contributed by atoms with Gasteiger partial charge < -0.3 is 5.32 Å². The summed E-state index contributed by atoms with van der Waals surface area (Å²) in [5.41, 5.74) is -0.670. The Hall–Kier alpha value is -1.21. The number of benzene rings is 1. The van der Waals surface area contributed by atoms with Crippen molar-refractivity contribution in [2.75, 3.05) is 0 Å². The zero-order valence-corrected chi connectivity index (χ0v) is 12.1. The summed E-state index contributed by atoms with van der Waals surface area (Å²) in [6.45, 7) is 1.76. The molecule has 0 saturated heterocycles. The molecule has 1 amide bonds. The van der Waals surface area contributed by atoms with Crippen LogP contribution in [0.3, 0.4) is 0 Å². The van der Waals surface area contributed by atoms with E-state index in [9.17, 15) is 22.0 Å². The molecule has 1 aromatic carbocycles. The fourth-order valence-electron chi connectivity index (χ4n) is 1.91. The maximum absolute atomic E-state index is 14.0. The minimum absolute atomic E-state index is 0.179. The zero-order chi connectivity index (χ0) is 15.1. The zero-order valence-electron chi connectivity index (χ0n) is 10.5. The molecule has 0 aromatic heterocycles. The van der Waals surface area contributed by atoms with Gasteiger partial charge in [-0.25, -0.2) is 17.2 Å². The molecule has 0 aliphatic heterocycles. The lowest BCUT2D eigenvalue weighted by molar-refractivity contribution is 0.0930. The van der Waals surface area contributed by atoms with E-state index in [4.69, 9.17) is 10.7 Å². The normalized spacial score (nSPS) is 16.8. The highest BCUT2D eigenvalue weighted by Gasteiger charge is 2.30. The van der Waals surface area contributed by atoms with E-state index in [1.807, 2.05) is 0 Å². The summed E-state index contributed by atoms with van der Waals surface area (Å²) >= 11 is 0. The van der Waals surface area contributed by atoms with Gasteiger partial charge in [-0.2, -0.15) is 0 Å². The van der Waals surface area contributed by atoms with Gasteiger partial charge >= 0.3 is 0 Å². The molecular weight excluding hydrogens is 312 g/mol. The van der Waals surface area contributed by atoms with Crippen LogP contribution in [0.2, 0.25) is 0 Å². The second-order valence-electron chi connectivity index (χ2n) is 4.80. The molecule has 0 radical (unpaired) electrons. The summed E-state index contributed by atoms with van der Waals surface area (Å²) in [7, 11) is 0.545. The average molecular weight is 324 g/mol. The monoisotopic (exact) mass is 323 g/mol. The van der Waals surface area contributed by atoms with E-state index in [0.29, 0.717) is 18.1 Å². The van der Waals surface area contributed by atoms with Gasteiger partial charge in [-0.1, -0.05) is 0 Å². The van der Waals surface area contributed by atoms with Crippen molar-refractivity contribution in [2.45, 2.75) is 30.7 Å². The van der Waals surface area contributed by atoms with Gasteiger partial charge in [0.05, 0.1) is 5.56 Å². The number of nitrogens with one attached hydrogen (secondary N) is 1. The Bertz CT molecular complexity index is 659. The number of carbonyl (C=O) groups is 1. The van der Waals surface area contributed by atoms with E-state index >= 15 is 0 Å². The standard InChI is InChI=1S/C12H12ClF2NO3S/c1-6(7-2-3-7)16-12(17)9-4-8(14)5-10(11(9)15)20(13,18)19/h4-7H,2-3H2,1H3,(H,16,17). The molecule has 1 fully saturated rings. The van der Waals surface area contributed by atoms with Crippen LogP contribution in [-0.4, -0.2) is 20.4 Å². The van der Waals surface area contributed by atoms with Gasteiger partial charge in [-0.05, 0) is 37.8 Å². The van der Waals surface area contributed by atoms with Gasteiger partial charge in [0.15, 0.2) is 5.82 Å². The van der Waals surface area contributed by atoms with Gasteiger partial charge in [-0.15, -0.1) is 0 Å². The molecule has 8 heteroatoms. The first-order valence-corrected chi connectivity index (χ1v) is 8.25. The second-order valence-corrected chi connectivity index (χ2v) is 7.34. The van der Waals surface area contributed by atoms with Gasteiger partial charge in [0.1, 0.15) is 10.7 Å². The van der Waals surface area contributed by atoms with E-state index in [1.165, 1.54) is 0 Å². The van der Waals surface area contributed by atoms with Crippen molar-refractivity contribution in [1.29, 1.82) is 0 Å². The van der Waals surface area contributed by atoms with Crippen LogP contribution in [0, 0.1) is 17.6 Å². The highest BCUT2D eigenvalue weighted by atomic mass is 35.7. The molecule has 20 heavy (non-hydrogen) atoms. The van der Waals surface area contributed by atoms with Crippen molar-refractivity contribution in [1.82, 2.24) is 5.32 Å². The van der Waals surface area contributed by atoms with Crippen LogP contribution in [0.5, 0.6) is 0 Å². The highest BCUT2D eigenvalue weighted by molar-refractivity contribution is 8.13. The van der Waals surface area contributed by atoms with Gasteiger partial charge in [0, 0.05) is 16.7 Å². The Morgan fingerprint density at radius 3 is 2.50 bits per heavy atom. The summed E-state index contributed by atoms with van der Waals surface area (Å²) in [4.78, 5) is 10.8. The SMILES string of the molecule is CC(NC(=O)c1cc(F)cc(S(=O)(=O)Cl)c1F)C1CC1. The van der Waals surface area contributed by atoms with Crippen molar-refractivity contribution >= 4 is 25.6 Å². The first-order chi connectivity index (χ1) is 9.20. The third-order valence-electron chi connectivity index (χ3n) is 3.20. The predicted octanol–water partition coefficient (Wildman–Crippen LogP) is 2.42. The number of hydrogen-bond acceptors (Lipinski definition) is 3. The van der Waals surface area contributed by atoms with Gasteiger partial charge in [0.25, 0.3) is 15.0 Å². The Morgan fingerprint density at radius 2 is 2.00 bits per heavy atom. The van der Waals surface area contributed by atoms with Crippen LogP contribution in [0.4, 0.5) is 8.78 Å². The van der Waals surface area contributed by atoms with Crippen LogP contribution in [0.25, 0.3) is 0 Å². The summed E-state index contributed by atoms with van der Waals surface area (Å²) in [5, 5.41) is 2.52. The fourth-order valence-corrected chi connectivity index (χ4v) is 2.82. The number of rotatable bonds is 4. The number of carbonyl (C=O) groups excluding carboxylic acids is 1. The Balaban J connectivity index is 2.35. The molecule has 0 spiro atoms. The maximum atomic E-state index is 14.0. The molecule has 0 bridgehead atoms. The minimum atomic E-state index is -4.47. The van der Waals surface area contributed by atoms with Crippen LogP contribution < -0.4 is 5.32 Å². The van der Waals surface area contributed by atoms with E-state index in [-0.39, 0.29) is 6.04 Å². The maximum Gasteiger partial charge on any atom is 0.264 e. The van der Waals surface area contributed by atoms with Crippen molar-refractivity contribution in [3.63, 3.8) is 0 Å². The lowest BCUT2D eigenvalue weighted by atomic mass is 10.1. The molecule has 1 aromatic rings. The molecule has 4 nitrogen and oxygen atoms in total. The lowest BCUT2D eigenvalue weighted by Crippen LogP contribution is -2.34. The first-order valence-electron chi connectivity index (χ1n) is 5.94. The fraction of sp³-hybridized carbons (Fsp3) is 0.417. The molecule has 1 aliphatic carbocycles. The van der Waals surface area contributed by atoms with E-state index < -0.39 is 37.1 Å². The predicted molar refractivity (Wildman–Crippen MR) is 69.0 cm³/mol. The molecular formula is C12H12ClF2NO3S. The number of halogens is 3. The summed E-state index contributed by atoms with van der Waals surface area (Å²) in [5.74, 6) is -2.92. The van der Waals surface area contributed by atoms with Gasteiger partial charge in [0.2, 0.25) is 0 Å². The molecule has 2 rings (SSSR count). The molecule has 1 aliphatic rings. The van der Waals surface area contributed by atoms with Crippen LogP contribution >= 0.6 is 10.7 Å². The highest BCUT2D eigenvalue weighted by Crippen LogP contribution is 2.32. The molecule has 1 N–H and O–H groups in total. The molecule has 1 atom stereocenters. The quantitative estimate of drug-likeness (QED) is 0.866. The van der Waals surface area contributed by atoms with Crippen molar-refractivity contribution in [2.24, 2.45) is 5.92 Å². The van der Waals surface area contributed by atoms with Crippen LogP contribution in [0.1, 0.15) is 30.1 Å². The summed E-state index contributed by atoms with van der Waals surface area (Å²) < 4.78 is 49.6. The summed E-state index contributed by atoms with van der Waals surface area (Å²) in [6, 6.07) is 0.912. The van der Waals surface area contributed by atoms with Crippen molar-refractivity contribution in [3.05, 3.63) is 29.3 Å². The van der Waals surface area contributed by atoms with Crippen molar-refractivity contribution in [3.8, 4) is 0 Å². The Kier molecular flexibility index (Phi) is 4.02. The smallest absolute Gasteiger partial charge is 0.264 e. The first kappa shape index (κ1) is 15.2. The third kappa shape index (κ3) is 3.27. The molecule has 1 saturated carbocycles. The van der Waals surface area contributed by atoms with E-state index in [1.54, 1.807) is 6.92 Å². The molecule has 1 unspecified atom stereocenters. The topological polar surface area (TPSA) is 63.2 Å². The van der Waals surface area contributed by atoms with E-state index in [0.717, 1.165) is 12.8 Å². The third-order valence-corrected chi connectivity index (χ3v) is 4.52. The lowest BCUT2D eigenvalue weighted by Gasteiger charge is -2.13. The molecule has 110 valence electrons. The Labute approximate surface area is 119 Å². The number of amides is 1. The van der Waals surface area contributed by atoms with Crippen molar-refractivity contribution < 1.29 is 22.0 Å². The average Bonchev–Trinajstić information content (AvgIpc) is 3.13. The Morgan fingerprint density at radius 1 is 1.40 bits per heavy atom. The summed E-state index contributed by atoms with van der Waals surface area (Å²) in [6.07, 6.45) is 1.93. The molecule has 0 heterocycles. The van der Waals surface area contributed by atoms with E-state index in [2.05, 4.69) is 5.32 Å². The number of hydrogen-bond donors (Lipinski definition) is 1. The van der Waals surface area contributed by atoms with Crippen LogP contribution in [-0.2, 0) is 9.05 Å². The largest absolute Gasteiger partial charge is 0.349 e. The van der Waals surface area contributed by atoms with Gasteiger partial charge in [-0.3, -0.25) is 4.79 Å².